The highest BCUT2D eigenvalue weighted by Gasteiger charge is 2.26. The number of carbonyl (C=O) groups excluding carboxylic acids is 4. The van der Waals surface area contributed by atoms with Crippen molar-refractivity contribution in [3.8, 4) is 5.75 Å². The zero-order valence-corrected chi connectivity index (χ0v) is 15.4. The summed E-state index contributed by atoms with van der Waals surface area (Å²) in [7, 11) is 0. The van der Waals surface area contributed by atoms with E-state index in [1.807, 2.05) is 5.32 Å². The van der Waals surface area contributed by atoms with Gasteiger partial charge in [-0.2, -0.15) is 0 Å². The minimum Gasteiger partial charge on any atom is -0.491 e. The van der Waals surface area contributed by atoms with E-state index in [-0.39, 0.29) is 32.0 Å². The lowest BCUT2D eigenvalue weighted by Crippen LogP contribution is -2.42. The van der Waals surface area contributed by atoms with Crippen LogP contribution >= 0.6 is 0 Å². The number of rotatable bonds is 6. The predicted octanol–water partition coefficient (Wildman–Crippen LogP) is 0.964. The number of para-hydroxylation sites is 2. The molecular formula is C19H19N3O7. The van der Waals surface area contributed by atoms with Crippen LogP contribution in [0.3, 0.4) is 0 Å². The van der Waals surface area contributed by atoms with Crippen LogP contribution in [0.1, 0.15) is 12.2 Å². The SMILES string of the molecule is O=C(COC(=O)CN1C(=O)CCOc2ccccc21)NC(=O)NCc1ccco1. The summed E-state index contributed by atoms with van der Waals surface area (Å²) in [4.78, 5) is 49.0. The average molecular weight is 401 g/mol. The van der Waals surface area contributed by atoms with E-state index in [0.29, 0.717) is 17.2 Å². The normalized spacial score (nSPS) is 13.0. The Morgan fingerprint density at radius 3 is 2.76 bits per heavy atom. The molecule has 0 fully saturated rings. The summed E-state index contributed by atoms with van der Waals surface area (Å²) >= 11 is 0. The van der Waals surface area contributed by atoms with Gasteiger partial charge in [0.1, 0.15) is 18.1 Å². The van der Waals surface area contributed by atoms with Crippen LogP contribution in [0.2, 0.25) is 0 Å². The number of hydrogen-bond donors (Lipinski definition) is 2. The van der Waals surface area contributed by atoms with E-state index in [1.54, 1.807) is 36.4 Å². The first-order valence-corrected chi connectivity index (χ1v) is 8.81. The molecule has 0 saturated carbocycles. The fourth-order valence-electron chi connectivity index (χ4n) is 2.60. The molecule has 0 saturated heterocycles. The van der Waals surface area contributed by atoms with Crippen molar-refractivity contribution in [3.05, 3.63) is 48.4 Å². The van der Waals surface area contributed by atoms with E-state index in [9.17, 15) is 19.2 Å². The first-order valence-electron chi connectivity index (χ1n) is 8.81. The van der Waals surface area contributed by atoms with Crippen molar-refractivity contribution in [1.29, 1.82) is 0 Å². The molecule has 1 aromatic heterocycles. The quantitative estimate of drug-likeness (QED) is 0.690. The molecule has 0 unspecified atom stereocenters. The van der Waals surface area contributed by atoms with Crippen LogP contribution in [0.5, 0.6) is 5.75 Å². The van der Waals surface area contributed by atoms with Gasteiger partial charge in [0.25, 0.3) is 5.91 Å². The van der Waals surface area contributed by atoms with Gasteiger partial charge in [0, 0.05) is 0 Å². The van der Waals surface area contributed by atoms with Gasteiger partial charge in [-0.25, -0.2) is 4.79 Å². The van der Waals surface area contributed by atoms with Crippen LogP contribution < -0.4 is 20.3 Å². The molecule has 2 aromatic rings. The Bertz CT molecular complexity index is 895. The number of furan rings is 1. The Morgan fingerprint density at radius 1 is 1.14 bits per heavy atom. The van der Waals surface area contributed by atoms with Gasteiger partial charge in [-0.1, -0.05) is 12.1 Å². The molecular weight excluding hydrogens is 382 g/mol. The average Bonchev–Trinajstić information content (AvgIpc) is 3.18. The predicted molar refractivity (Wildman–Crippen MR) is 99.0 cm³/mol. The third kappa shape index (κ3) is 5.58. The largest absolute Gasteiger partial charge is 0.491 e. The lowest BCUT2D eigenvalue weighted by atomic mass is 10.2. The van der Waals surface area contributed by atoms with Crippen molar-refractivity contribution >= 4 is 29.5 Å². The Kier molecular flexibility index (Phi) is 6.46. The number of amides is 4. The lowest BCUT2D eigenvalue weighted by Gasteiger charge is -2.20. The van der Waals surface area contributed by atoms with Crippen LogP contribution in [-0.4, -0.2) is 43.6 Å². The summed E-state index contributed by atoms with van der Waals surface area (Å²) in [5.41, 5.74) is 0.453. The van der Waals surface area contributed by atoms with E-state index in [1.165, 1.54) is 11.2 Å². The fraction of sp³-hybridized carbons (Fsp3) is 0.263. The lowest BCUT2D eigenvalue weighted by molar-refractivity contribution is -0.147. The molecule has 0 aliphatic carbocycles. The van der Waals surface area contributed by atoms with Gasteiger partial charge in [0.15, 0.2) is 6.61 Å². The number of nitrogens with one attached hydrogen (secondary N) is 2. The zero-order valence-electron chi connectivity index (χ0n) is 15.4. The van der Waals surface area contributed by atoms with Gasteiger partial charge >= 0.3 is 12.0 Å². The molecule has 2 N–H and O–H groups in total. The standard InChI is InChI=1S/C19H19N3O7/c23-16(21-19(26)20-10-13-4-3-8-27-13)12-29-18(25)11-22-14-5-1-2-6-15(14)28-9-7-17(22)24/h1-6,8H,7,9-12H2,(H2,20,21,23,26). The highest BCUT2D eigenvalue weighted by molar-refractivity contribution is 6.00. The summed E-state index contributed by atoms with van der Waals surface area (Å²) in [6, 6.07) is 9.40. The minimum absolute atomic E-state index is 0.102. The van der Waals surface area contributed by atoms with Gasteiger partial charge in [-0.15, -0.1) is 0 Å². The molecule has 3 rings (SSSR count). The van der Waals surface area contributed by atoms with Crippen molar-refractivity contribution in [2.75, 3.05) is 24.7 Å². The summed E-state index contributed by atoms with van der Waals surface area (Å²) in [6.45, 7) is -0.730. The number of anilines is 1. The molecule has 1 aromatic carbocycles. The maximum absolute atomic E-state index is 12.3. The van der Waals surface area contributed by atoms with E-state index < -0.39 is 24.5 Å². The molecule has 29 heavy (non-hydrogen) atoms. The van der Waals surface area contributed by atoms with E-state index in [0.717, 1.165) is 0 Å². The van der Waals surface area contributed by atoms with Gasteiger partial charge in [0.05, 0.1) is 31.5 Å². The Morgan fingerprint density at radius 2 is 1.97 bits per heavy atom. The van der Waals surface area contributed by atoms with Crippen molar-refractivity contribution < 1.29 is 33.1 Å². The van der Waals surface area contributed by atoms with Crippen LogP contribution in [0, 0.1) is 0 Å². The van der Waals surface area contributed by atoms with E-state index in [2.05, 4.69) is 5.32 Å². The van der Waals surface area contributed by atoms with Crippen LogP contribution in [0.15, 0.2) is 47.1 Å². The third-order valence-corrected chi connectivity index (χ3v) is 3.94. The molecule has 10 heteroatoms. The second-order valence-corrected chi connectivity index (χ2v) is 6.02. The molecule has 0 spiro atoms. The number of imide groups is 1. The van der Waals surface area contributed by atoms with Gasteiger partial charge in [-0.3, -0.25) is 24.6 Å². The fourth-order valence-corrected chi connectivity index (χ4v) is 2.60. The number of carbonyl (C=O) groups is 4. The molecule has 0 bridgehead atoms. The van der Waals surface area contributed by atoms with Gasteiger partial charge in [-0.05, 0) is 24.3 Å². The summed E-state index contributed by atoms with van der Waals surface area (Å²) in [5.74, 6) is -0.890. The second-order valence-electron chi connectivity index (χ2n) is 6.02. The Balaban J connectivity index is 1.46. The molecule has 152 valence electrons. The Labute approximate surface area is 165 Å². The molecule has 0 radical (unpaired) electrons. The van der Waals surface area contributed by atoms with Crippen LogP contribution in [0.25, 0.3) is 0 Å². The van der Waals surface area contributed by atoms with Crippen LogP contribution in [0.4, 0.5) is 10.5 Å². The number of nitrogens with zero attached hydrogens (tertiary/aromatic N) is 1. The maximum atomic E-state index is 12.3. The van der Waals surface area contributed by atoms with Gasteiger partial charge < -0.3 is 19.2 Å². The van der Waals surface area contributed by atoms with Crippen LogP contribution in [-0.2, 0) is 25.7 Å². The minimum atomic E-state index is -0.804. The number of fused-ring (bicyclic) bond motifs is 1. The molecule has 2 heterocycles. The maximum Gasteiger partial charge on any atom is 0.326 e. The molecule has 10 nitrogen and oxygen atoms in total. The summed E-state index contributed by atoms with van der Waals surface area (Å²) in [5, 5.41) is 4.45. The zero-order chi connectivity index (χ0) is 20.6. The van der Waals surface area contributed by atoms with E-state index in [4.69, 9.17) is 13.9 Å². The number of benzene rings is 1. The van der Waals surface area contributed by atoms with Crippen molar-refractivity contribution in [3.63, 3.8) is 0 Å². The second kappa shape index (κ2) is 9.40. The highest BCUT2D eigenvalue weighted by atomic mass is 16.5. The molecule has 0 atom stereocenters. The first-order chi connectivity index (χ1) is 14.0. The number of hydrogen-bond acceptors (Lipinski definition) is 7. The number of esters is 1. The van der Waals surface area contributed by atoms with Gasteiger partial charge in [0.2, 0.25) is 5.91 Å². The summed E-state index contributed by atoms with van der Waals surface area (Å²) in [6.07, 6.45) is 1.57. The monoisotopic (exact) mass is 401 g/mol. The van der Waals surface area contributed by atoms with Crippen molar-refractivity contribution in [2.24, 2.45) is 0 Å². The summed E-state index contributed by atoms with van der Waals surface area (Å²) < 4.78 is 15.4. The Hall–Kier alpha value is -3.82. The number of ether oxygens (including phenoxy) is 2. The molecule has 4 amide bonds. The smallest absolute Gasteiger partial charge is 0.326 e. The molecule has 1 aliphatic heterocycles. The topological polar surface area (TPSA) is 127 Å². The molecule has 1 aliphatic rings. The first kappa shape index (κ1) is 19.9. The van der Waals surface area contributed by atoms with Crippen molar-refractivity contribution in [2.45, 2.75) is 13.0 Å². The van der Waals surface area contributed by atoms with Crippen molar-refractivity contribution in [1.82, 2.24) is 10.6 Å². The van der Waals surface area contributed by atoms with E-state index >= 15 is 0 Å². The number of urea groups is 1. The third-order valence-electron chi connectivity index (χ3n) is 3.94. The highest BCUT2D eigenvalue weighted by Crippen LogP contribution is 2.30.